The van der Waals surface area contributed by atoms with Crippen LogP contribution in [0.2, 0.25) is 0 Å². The molecule has 0 aliphatic carbocycles. The SMILES string of the molecule is CCN(c1nc(NC)nc(-n2cccn2)n1)C(C)C. The second-order valence-electron chi connectivity index (χ2n) is 4.34. The molecule has 0 atom stereocenters. The lowest BCUT2D eigenvalue weighted by atomic mass is 10.3. The Balaban J connectivity index is 2.47. The largest absolute Gasteiger partial charge is 0.357 e. The Morgan fingerprint density at radius 2 is 2.11 bits per heavy atom. The maximum atomic E-state index is 4.48. The molecule has 102 valence electrons. The van der Waals surface area contributed by atoms with E-state index >= 15 is 0 Å². The van der Waals surface area contributed by atoms with Crippen molar-refractivity contribution in [2.45, 2.75) is 26.8 Å². The molecule has 19 heavy (non-hydrogen) atoms. The first kappa shape index (κ1) is 13.3. The minimum absolute atomic E-state index is 0.322. The summed E-state index contributed by atoms with van der Waals surface area (Å²) in [5.41, 5.74) is 0. The van der Waals surface area contributed by atoms with Gasteiger partial charge in [0, 0.05) is 32.0 Å². The van der Waals surface area contributed by atoms with E-state index in [1.165, 1.54) is 0 Å². The Morgan fingerprint density at radius 3 is 2.63 bits per heavy atom. The highest BCUT2D eigenvalue weighted by molar-refractivity contribution is 5.40. The van der Waals surface area contributed by atoms with E-state index in [-0.39, 0.29) is 0 Å². The van der Waals surface area contributed by atoms with E-state index < -0.39 is 0 Å². The molecular formula is C12H19N7. The Morgan fingerprint density at radius 1 is 1.32 bits per heavy atom. The van der Waals surface area contributed by atoms with Gasteiger partial charge in [0.05, 0.1) is 0 Å². The van der Waals surface area contributed by atoms with Crippen molar-refractivity contribution in [3.8, 4) is 5.95 Å². The summed E-state index contributed by atoms with van der Waals surface area (Å²) in [4.78, 5) is 15.3. The van der Waals surface area contributed by atoms with E-state index in [1.54, 1.807) is 17.9 Å². The standard InChI is InChI=1S/C12H19N7/c1-5-18(9(2)3)11-15-10(13-4)16-12(17-11)19-8-6-7-14-19/h6-9H,5H2,1-4H3,(H,13,15,16,17). The van der Waals surface area contributed by atoms with E-state index in [1.807, 2.05) is 12.3 Å². The first-order chi connectivity index (χ1) is 9.15. The number of rotatable bonds is 5. The van der Waals surface area contributed by atoms with Crippen LogP contribution in [0.1, 0.15) is 20.8 Å². The molecule has 0 fully saturated rings. The second kappa shape index (κ2) is 5.64. The minimum atomic E-state index is 0.322. The summed E-state index contributed by atoms with van der Waals surface area (Å²) in [7, 11) is 1.79. The summed E-state index contributed by atoms with van der Waals surface area (Å²) in [6.45, 7) is 7.14. The number of aromatic nitrogens is 5. The van der Waals surface area contributed by atoms with Gasteiger partial charge in [0.15, 0.2) is 0 Å². The summed E-state index contributed by atoms with van der Waals surface area (Å²) in [6.07, 6.45) is 3.51. The monoisotopic (exact) mass is 261 g/mol. The van der Waals surface area contributed by atoms with Gasteiger partial charge in [-0.1, -0.05) is 0 Å². The van der Waals surface area contributed by atoms with Gasteiger partial charge in [-0.2, -0.15) is 20.1 Å². The third-order valence-electron chi connectivity index (χ3n) is 2.77. The summed E-state index contributed by atoms with van der Waals surface area (Å²) in [6, 6.07) is 2.16. The third-order valence-corrected chi connectivity index (χ3v) is 2.77. The van der Waals surface area contributed by atoms with Crippen LogP contribution in [-0.2, 0) is 0 Å². The average Bonchev–Trinajstić information content (AvgIpc) is 2.92. The number of hydrogen-bond donors (Lipinski definition) is 1. The van der Waals surface area contributed by atoms with Gasteiger partial charge in [0.2, 0.25) is 11.9 Å². The molecule has 2 rings (SSSR count). The zero-order chi connectivity index (χ0) is 13.8. The van der Waals surface area contributed by atoms with Gasteiger partial charge < -0.3 is 10.2 Å². The molecule has 0 unspecified atom stereocenters. The van der Waals surface area contributed by atoms with Crippen molar-refractivity contribution in [2.24, 2.45) is 0 Å². The molecule has 2 aromatic heterocycles. The number of hydrogen-bond acceptors (Lipinski definition) is 6. The third kappa shape index (κ3) is 2.81. The summed E-state index contributed by atoms with van der Waals surface area (Å²) in [5.74, 6) is 1.70. The van der Waals surface area contributed by atoms with Crippen molar-refractivity contribution in [2.75, 3.05) is 23.8 Å². The molecule has 0 radical (unpaired) electrons. The van der Waals surface area contributed by atoms with Crippen LogP contribution in [0.25, 0.3) is 5.95 Å². The first-order valence-electron chi connectivity index (χ1n) is 6.36. The Bertz CT molecular complexity index is 521. The molecule has 0 saturated carbocycles. The highest BCUT2D eigenvalue weighted by atomic mass is 15.4. The van der Waals surface area contributed by atoms with Gasteiger partial charge in [-0.25, -0.2) is 4.68 Å². The maximum Gasteiger partial charge on any atom is 0.257 e. The van der Waals surface area contributed by atoms with Crippen LogP contribution >= 0.6 is 0 Å². The summed E-state index contributed by atoms with van der Waals surface area (Å²) >= 11 is 0. The molecule has 0 aromatic carbocycles. The smallest absolute Gasteiger partial charge is 0.257 e. The lowest BCUT2D eigenvalue weighted by Crippen LogP contribution is -2.32. The Kier molecular flexibility index (Phi) is 3.94. The molecular weight excluding hydrogens is 242 g/mol. The Hall–Kier alpha value is -2.18. The van der Waals surface area contributed by atoms with Crippen LogP contribution in [0, 0.1) is 0 Å². The van der Waals surface area contributed by atoms with Crippen LogP contribution in [0.3, 0.4) is 0 Å². The van der Waals surface area contributed by atoms with Crippen LogP contribution in [0.4, 0.5) is 11.9 Å². The zero-order valence-electron chi connectivity index (χ0n) is 11.7. The fourth-order valence-electron chi connectivity index (χ4n) is 1.82. The molecule has 0 saturated heterocycles. The first-order valence-corrected chi connectivity index (χ1v) is 6.36. The lowest BCUT2D eigenvalue weighted by molar-refractivity contribution is 0.671. The quantitative estimate of drug-likeness (QED) is 0.875. The molecule has 0 bridgehead atoms. The molecule has 0 aliphatic rings. The summed E-state index contributed by atoms with van der Waals surface area (Å²) < 4.78 is 1.63. The highest BCUT2D eigenvalue weighted by Crippen LogP contribution is 2.14. The summed E-state index contributed by atoms with van der Waals surface area (Å²) in [5, 5.41) is 7.11. The van der Waals surface area contributed by atoms with Crippen molar-refractivity contribution in [3.05, 3.63) is 18.5 Å². The Labute approximate surface area is 112 Å². The van der Waals surface area contributed by atoms with Gasteiger partial charge >= 0.3 is 0 Å². The van der Waals surface area contributed by atoms with Gasteiger partial charge in [-0.15, -0.1) is 0 Å². The second-order valence-corrected chi connectivity index (χ2v) is 4.34. The van der Waals surface area contributed by atoms with Crippen molar-refractivity contribution < 1.29 is 0 Å². The molecule has 7 nitrogen and oxygen atoms in total. The fourth-order valence-corrected chi connectivity index (χ4v) is 1.82. The zero-order valence-corrected chi connectivity index (χ0v) is 11.7. The molecule has 0 amide bonds. The highest BCUT2D eigenvalue weighted by Gasteiger charge is 2.15. The van der Waals surface area contributed by atoms with Crippen molar-refractivity contribution in [3.63, 3.8) is 0 Å². The molecule has 2 heterocycles. The van der Waals surface area contributed by atoms with Crippen LogP contribution in [-0.4, -0.2) is 44.4 Å². The van der Waals surface area contributed by atoms with E-state index in [9.17, 15) is 0 Å². The van der Waals surface area contributed by atoms with Crippen molar-refractivity contribution >= 4 is 11.9 Å². The number of nitrogens with zero attached hydrogens (tertiary/aromatic N) is 6. The van der Waals surface area contributed by atoms with E-state index in [2.05, 4.69) is 51.0 Å². The van der Waals surface area contributed by atoms with Crippen molar-refractivity contribution in [1.29, 1.82) is 0 Å². The maximum absolute atomic E-state index is 4.48. The van der Waals surface area contributed by atoms with E-state index in [0.29, 0.717) is 23.9 Å². The van der Waals surface area contributed by atoms with E-state index in [0.717, 1.165) is 6.54 Å². The normalized spacial score (nSPS) is 10.8. The lowest BCUT2D eigenvalue weighted by Gasteiger charge is -2.25. The molecule has 0 aliphatic heterocycles. The van der Waals surface area contributed by atoms with Crippen molar-refractivity contribution in [1.82, 2.24) is 24.7 Å². The average molecular weight is 261 g/mol. The van der Waals surface area contributed by atoms with Gasteiger partial charge in [0.1, 0.15) is 0 Å². The minimum Gasteiger partial charge on any atom is -0.357 e. The molecule has 0 spiro atoms. The topological polar surface area (TPSA) is 71.8 Å². The van der Waals surface area contributed by atoms with Gasteiger partial charge in [0.25, 0.3) is 5.95 Å². The van der Waals surface area contributed by atoms with Crippen LogP contribution in [0.5, 0.6) is 0 Å². The predicted molar refractivity (Wildman–Crippen MR) is 74.7 cm³/mol. The molecule has 2 aromatic rings. The number of nitrogens with one attached hydrogen (secondary N) is 1. The van der Waals surface area contributed by atoms with Gasteiger partial charge in [-0.3, -0.25) is 0 Å². The fraction of sp³-hybridized carbons (Fsp3) is 0.500. The molecule has 1 N–H and O–H groups in total. The molecule has 7 heteroatoms. The van der Waals surface area contributed by atoms with Crippen LogP contribution < -0.4 is 10.2 Å². The van der Waals surface area contributed by atoms with E-state index in [4.69, 9.17) is 0 Å². The number of anilines is 2. The van der Waals surface area contributed by atoms with Crippen LogP contribution in [0.15, 0.2) is 18.5 Å². The van der Waals surface area contributed by atoms with Gasteiger partial charge in [-0.05, 0) is 26.8 Å². The predicted octanol–water partition coefficient (Wildman–Crippen LogP) is 1.33.